The fourth-order valence-electron chi connectivity index (χ4n) is 1.44. The second kappa shape index (κ2) is 5.53. The van der Waals surface area contributed by atoms with Crippen LogP contribution in [-0.4, -0.2) is 32.0 Å². The minimum Gasteiger partial charge on any atom is -0.398 e. The van der Waals surface area contributed by atoms with E-state index in [4.69, 9.17) is 10.5 Å². The zero-order valence-corrected chi connectivity index (χ0v) is 11.5. The smallest absolute Gasteiger partial charge is 0.269 e. The van der Waals surface area contributed by atoms with Crippen molar-refractivity contribution >= 4 is 15.5 Å². The number of nitrogens with two attached hydrogens (primary N) is 1. The Kier molecular flexibility index (Phi) is 4.53. The third kappa shape index (κ3) is 2.91. The summed E-state index contributed by atoms with van der Waals surface area (Å²) in [5.41, 5.74) is 5.31. The molecule has 0 spiro atoms. The van der Waals surface area contributed by atoms with E-state index < -0.39 is 20.6 Å². The number of hydrogen-bond donors (Lipinski definition) is 1. The Morgan fingerprint density at radius 1 is 1.44 bits per heavy atom. The summed E-state index contributed by atoms with van der Waals surface area (Å²) in [6, 6.07) is 1.21. The lowest BCUT2D eigenvalue weighted by atomic mass is 10.4. The van der Waals surface area contributed by atoms with Gasteiger partial charge < -0.3 is 15.0 Å². The number of nitrogen functional groups attached to an aromatic ring is 1. The summed E-state index contributed by atoms with van der Waals surface area (Å²) in [5, 5.41) is -0.664. The molecule has 0 unspecified atom stereocenters. The van der Waals surface area contributed by atoms with Gasteiger partial charge in [0.2, 0.25) is 0 Å². The maximum atomic E-state index is 12.1. The molecule has 0 aliphatic rings. The molecule has 0 aromatic carbocycles. The van der Waals surface area contributed by atoms with Crippen LogP contribution in [0.1, 0.15) is 13.8 Å². The van der Waals surface area contributed by atoms with Gasteiger partial charge in [-0.2, -0.15) is 0 Å². The number of methoxy groups -OCH3 is 1. The summed E-state index contributed by atoms with van der Waals surface area (Å²) < 4.78 is 30.2. The first-order valence-corrected chi connectivity index (χ1v) is 7.08. The zero-order chi connectivity index (χ0) is 13.9. The van der Waals surface area contributed by atoms with Crippen molar-refractivity contribution in [1.82, 2.24) is 4.57 Å². The fraction of sp³-hybridized carbons (Fsp3) is 0.545. The Morgan fingerprint density at radius 3 is 2.56 bits per heavy atom. The monoisotopic (exact) mass is 274 g/mol. The molecule has 1 aromatic rings. The van der Waals surface area contributed by atoms with Crippen LogP contribution in [-0.2, 0) is 21.1 Å². The second-order valence-electron chi connectivity index (χ2n) is 4.22. The lowest BCUT2D eigenvalue weighted by Gasteiger charge is -2.11. The first kappa shape index (κ1) is 14.7. The summed E-state index contributed by atoms with van der Waals surface area (Å²) in [6.45, 7) is 3.63. The second-order valence-corrected chi connectivity index (χ2v) is 6.70. The van der Waals surface area contributed by atoms with Crippen molar-refractivity contribution in [2.75, 3.05) is 19.5 Å². The molecule has 102 valence electrons. The molecule has 0 saturated carbocycles. The Hall–Kier alpha value is -1.34. The standard InChI is InChI=1S/C11H18N2O4S/c1-8(2)18(15,16)10-6-9(12)7-13(11(10)14)4-5-17-3/h6-8H,4-5,12H2,1-3H3. The van der Waals surface area contributed by atoms with Crippen molar-refractivity contribution in [3.8, 4) is 0 Å². The molecule has 0 fully saturated rings. The molecule has 2 N–H and O–H groups in total. The summed E-state index contributed by atoms with van der Waals surface area (Å²) >= 11 is 0. The molecule has 0 amide bonds. The first-order chi connectivity index (χ1) is 8.30. The Balaban J connectivity index is 3.39. The molecule has 1 rings (SSSR count). The van der Waals surface area contributed by atoms with Gasteiger partial charge in [-0.15, -0.1) is 0 Å². The highest BCUT2D eigenvalue weighted by Crippen LogP contribution is 2.14. The van der Waals surface area contributed by atoms with E-state index in [1.807, 2.05) is 0 Å². The van der Waals surface area contributed by atoms with Gasteiger partial charge in [-0.1, -0.05) is 0 Å². The molecule has 0 bridgehead atoms. The van der Waals surface area contributed by atoms with Crippen LogP contribution in [0.3, 0.4) is 0 Å². The van der Waals surface area contributed by atoms with Crippen molar-refractivity contribution in [2.24, 2.45) is 0 Å². The topological polar surface area (TPSA) is 91.4 Å². The van der Waals surface area contributed by atoms with Crippen molar-refractivity contribution in [3.05, 3.63) is 22.6 Å². The average molecular weight is 274 g/mol. The SMILES string of the molecule is COCCn1cc(N)cc(S(=O)(=O)C(C)C)c1=O. The Morgan fingerprint density at radius 2 is 2.06 bits per heavy atom. The predicted octanol–water partition coefficient (Wildman–Crippen LogP) is 0.259. The van der Waals surface area contributed by atoms with E-state index in [1.165, 1.54) is 37.8 Å². The Bertz CT molecular complexity index is 575. The largest absolute Gasteiger partial charge is 0.398 e. The van der Waals surface area contributed by atoms with Gasteiger partial charge in [0.05, 0.1) is 11.9 Å². The molecule has 0 atom stereocenters. The molecule has 0 saturated heterocycles. The molecule has 6 nitrogen and oxygen atoms in total. The summed E-state index contributed by atoms with van der Waals surface area (Å²) in [4.78, 5) is 11.8. The van der Waals surface area contributed by atoms with Crippen LogP contribution in [0.2, 0.25) is 0 Å². The first-order valence-electron chi connectivity index (χ1n) is 5.53. The molecular weight excluding hydrogens is 256 g/mol. The molecular formula is C11H18N2O4S. The number of rotatable bonds is 5. The third-order valence-electron chi connectivity index (χ3n) is 2.54. The van der Waals surface area contributed by atoms with Gasteiger partial charge in [-0.05, 0) is 19.9 Å². The third-order valence-corrected chi connectivity index (χ3v) is 4.68. The van der Waals surface area contributed by atoms with Crippen molar-refractivity contribution < 1.29 is 13.2 Å². The van der Waals surface area contributed by atoms with Gasteiger partial charge in [-0.25, -0.2) is 8.42 Å². The molecule has 0 aliphatic heterocycles. The van der Waals surface area contributed by atoms with Gasteiger partial charge in [0, 0.05) is 25.5 Å². The summed E-state index contributed by atoms with van der Waals surface area (Å²) in [6.07, 6.45) is 1.42. The van der Waals surface area contributed by atoms with E-state index >= 15 is 0 Å². The van der Waals surface area contributed by atoms with Crippen LogP contribution < -0.4 is 11.3 Å². The molecule has 0 radical (unpaired) electrons. The summed E-state index contributed by atoms with van der Waals surface area (Å²) in [5.74, 6) is 0. The van der Waals surface area contributed by atoms with E-state index in [0.29, 0.717) is 6.61 Å². The lowest BCUT2D eigenvalue weighted by molar-refractivity contribution is 0.186. The minimum atomic E-state index is -3.63. The fourth-order valence-corrected chi connectivity index (χ4v) is 2.61. The highest BCUT2D eigenvalue weighted by Gasteiger charge is 2.24. The van der Waals surface area contributed by atoms with Crippen LogP contribution in [0, 0.1) is 0 Å². The number of hydrogen-bond acceptors (Lipinski definition) is 5. The zero-order valence-electron chi connectivity index (χ0n) is 10.7. The maximum absolute atomic E-state index is 12.1. The molecule has 18 heavy (non-hydrogen) atoms. The van der Waals surface area contributed by atoms with Crippen LogP contribution in [0.5, 0.6) is 0 Å². The number of anilines is 1. The van der Waals surface area contributed by atoms with Gasteiger partial charge in [0.15, 0.2) is 9.84 Å². The van der Waals surface area contributed by atoms with Crippen LogP contribution in [0.4, 0.5) is 5.69 Å². The number of pyridine rings is 1. The average Bonchev–Trinajstić information content (AvgIpc) is 2.29. The van der Waals surface area contributed by atoms with E-state index in [-0.39, 0.29) is 17.1 Å². The lowest BCUT2D eigenvalue weighted by Crippen LogP contribution is -2.30. The molecule has 7 heteroatoms. The van der Waals surface area contributed by atoms with Crippen LogP contribution in [0.15, 0.2) is 22.0 Å². The van der Waals surface area contributed by atoms with Crippen molar-refractivity contribution in [2.45, 2.75) is 30.5 Å². The normalized spacial score (nSPS) is 12.0. The maximum Gasteiger partial charge on any atom is 0.269 e. The van der Waals surface area contributed by atoms with Crippen molar-refractivity contribution in [1.29, 1.82) is 0 Å². The van der Waals surface area contributed by atoms with Crippen LogP contribution >= 0.6 is 0 Å². The highest BCUT2D eigenvalue weighted by molar-refractivity contribution is 7.92. The Labute approximate surface area is 106 Å². The molecule has 1 aromatic heterocycles. The number of aromatic nitrogens is 1. The molecule has 0 aliphatic carbocycles. The van der Waals surface area contributed by atoms with Gasteiger partial charge in [0.1, 0.15) is 4.90 Å². The van der Waals surface area contributed by atoms with Crippen molar-refractivity contribution in [3.63, 3.8) is 0 Å². The van der Waals surface area contributed by atoms with E-state index in [2.05, 4.69) is 0 Å². The van der Waals surface area contributed by atoms with E-state index in [1.54, 1.807) is 0 Å². The van der Waals surface area contributed by atoms with E-state index in [9.17, 15) is 13.2 Å². The van der Waals surface area contributed by atoms with Gasteiger partial charge in [0.25, 0.3) is 5.56 Å². The van der Waals surface area contributed by atoms with E-state index in [0.717, 1.165) is 0 Å². The molecule has 1 heterocycles. The number of nitrogens with zero attached hydrogens (tertiary/aromatic N) is 1. The van der Waals surface area contributed by atoms with Crippen LogP contribution in [0.25, 0.3) is 0 Å². The summed E-state index contributed by atoms with van der Waals surface area (Å²) in [7, 11) is -2.13. The number of ether oxygens (including phenoxy) is 1. The highest BCUT2D eigenvalue weighted by atomic mass is 32.2. The quantitative estimate of drug-likeness (QED) is 0.831. The van der Waals surface area contributed by atoms with Gasteiger partial charge >= 0.3 is 0 Å². The predicted molar refractivity (Wildman–Crippen MR) is 69.3 cm³/mol. The number of sulfone groups is 1. The minimum absolute atomic E-state index is 0.241. The van der Waals surface area contributed by atoms with Gasteiger partial charge in [-0.3, -0.25) is 4.79 Å².